The van der Waals surface area contributed by atoms with Crippen molar-refractivity contribution in [2.45, 2.75) is 18.2 Å². The van der Waals surface area contributed by atoms with Crippen molar-refractivity contribution < 1.29 is 8.42 Å². The first kappa shape index (κ1) is 15.2. The van der Waals surface area contributed by atoms with E-state index in [1.54, 1.807) is 24.3 Å². The molecular formula is C12H17BrN2O2S. The molecular weight excluding hydrogens is 316 g/mol. The third-order valence-electron chi connectivity index (χ3n) is 2.19. The average molecular weight is 333 g/mol. The lowest BCUT2D eigenvalue weighted by atomic mass is 10.3. The average Bonchev–Trinajstić information content (AvgIpc) is 2.34. The van der Waals surface area contributed by atoms with Crippen LogP contribution in [0.1, 0.15) is 13.3 Å². The smallest absolute Gasteiger partial charge is 0.240 e. The van der Waals surface area contributed by atoms with Crippen molar-refractivity contribution in [3.8, 4) is 0 Å². The Balaban J connectivity index is 2.73. The highest BCUT2D eigenvalue weighted by atomic mass is 79.9. The van der Waals surface area contributed by atoms with Gasteiger partial charge in [-0.15, -0.1) is 0 Å². The summed E-state index contributed by atoms with van der Waals surface area (Å²) in [6.07, 6.45) is 0.770. The third-order valence-corrected chi connectivity index (χ3v) is 3.95. The minimum absolute atomic E-state index is 0.277. The number of anilines is 1. The molecule has 0 spiro atoms. The van der Waals surface area contributed by atoms with Crippen LogP contribution in [0.4, 0.5) is 5.69 Å². The van der Waals surface area contributed by atoms with Gasteiger partial charge in [0.15, 0.2) is 0 Å². The molecule has 0 fully saturated rings. The topological polar surface area (TPSA) is 58.2 Å². The molecule has 1 aromatic carbocycles. The predicted molar refractivity (Wildman–Crippen MR) is 78.5 cm³/mol. The van der Waals surface area contributed by atoms with Crippen LogP contribution in [0.25, 0.3) is 0 Å². The summed E-state index contributed by atoms with van der Waals surface area (Å²) in [7, 11) is -3.38. The van der Waals surface area contributed by atoms with E-state index in [0.29, 0.717) is 13.1 Å². The predicted octanol–water partition coefficient (Wildman–Crippen LogP) is 2.70. The van der Waals surface area contributed by atoms with Crippen LogP contribution in [-0.4, -0.2) is 21.5 Å². The maximum Gasteiger partial charge on any atom is 0.240 e. The summed E-state index contributed by atoms with van der Waals surface area (Å²) in [5, 5.41) is 3.10. The van der Waals surface area contributed by atoms with Crippen LogP contribution in [0.5, 0.6) is 0 Å². The van der Waals surface area contributed by atoms with Crippen LogP contribution in [0.2, 0.25) is 0 Å². The first-order valence-electron chi connectivity index (χ1n) is 5.62. The van der Waals surface area contributed by atoms with Crippen LogP contribution in [0.3, 0.4) is 0 Å². The van der Waals surface area contributed by atoms with Gasteiger partial charge in [-0.05, 0) is 30.7 Å². The van der Waals surface area contributed by atoms with E-state index < -0.39 is 10.0 Å². The highest BCUT2D eigenvalue weighted by molar-refractivity contribution is 9.11. The van der Waals surface area contributed by atoms with E-state index in [1.165, 1.54) is 0 Å². The molecule has 0 aliphatic carbocycles. The normalized spacial score (nSPS) is 11.2. The highest BCUT2D eigenvalue weighted by Crippen LogP contribution is 2.14. The lowest BCUT2D eigenvalue weighted by Gasteiger charge is -2.08. The largest absolute Gasteiger partial charge is 0.380 e. The fourth-order valence-corrected chi connectivity index (χ4v) is 2.54. The maximum atomic E-state index is 11.8. The molecule has 1 aromatic rings. The first-order valence-corrected chi connectivity index (χ1v) is 7.90. The molecule has 6 heteroatoms. The number of rotatable bonds is 7. The van der Waals surface area contributed by atoms with Gasteiger partial charge in [-0.3, -0.25) is 0 Å². The Morgan fingerprint density at radius 1 is 1.33 bits per heavy atom. The molecule has 0 heterocycles. The molecule has 0 aromatic heterocycles. The molecule has 18 heavy (non-hydrogen) atoms. The standard InChI is InChI=1S/C12H17BrN2O2S/c1-3-8-15-18(16,17)12-6-4-11(5-7-12)14-9-10(2)13/h4-7,14-15H,2-3,8-9H2,1H3. The summed E-state index contributed by atoms with van der Waals surface area (Å²) in [5.41, 5.74) is 0.852. The van der Waals surface area contributed by atoms with Crippen molar-refractivity contribution >= 4 is 31.6 Å². The summed E-state index contributed by atoms with van der Waals surface area (Å²) in [4.78, 5) is 0.277. The van der Waals surface area contributed by atoms with Gasteiger partial charge in [0, 0.05) is 23.3 Å². The monoisotopic (exact) mass is 332 g/mol. The van der Waals surface area contributed by atoms with E-state index in [9.17, 15) is 8.42 Å². The second-order valence-electron chi connectivity index (χ2n) is 3.79. The summed E-state index contributed by atoms with van der Waals surface area (Å²) in [6, 6.07) is 6.63. The molecule has 0 atom stereocenters. The second-order valence-corrected chi connectivity index (χ2v) is 6.68. The van der Waals surface area contributed by atoms with E-state index in [2.05, 4.69) is 32.5 Å². The zero-order valence-electron chi connectivity index (χ0n) is 10.2. The van der Waals surface area contributed by atoms with Gasteiger partial charge >= 0.3 is 0 Å². The Morgan fingerprint density at radius 2 is 1.94 bits per heavy atom. The van der Waals surface area contributed by atoms with Gasteiger partial charge in [-0.25, -0.2) is 13.1 Å². The summed E-state index contributed by atoms with van der Waals surface area (Å²) < 4.78 is 27.0. The van der Waals surface area contributed by atoms with Gasteiger partial charge in [0.25, 0.3) is 0 Å². The zero-order valence-corrected chi connectivity index (χ0v) is 12.6. The molecule has 0 aliphatic heterocycles. The lowest BCUT2D eigenvalue weighted by Crippen LogP contribution is -2.24. The minimum atomic E-state index is -3.38. The van der Waals surface area contributed by atoms with Crippen molar-refractivity contribution in [3.63, 3.8) is 0 Å². The van der Waals surface area contributed by atoms with Crippen LogP contribution < -0.4 is 10.0 Å². The minimum Gasteiger partial charge on any atom is -0.380 e. The van der Waals surface area contributed by atoms with Crippen molar-refractivity contribution in [1.29, 1.82) is 0 Å². The molecule has 1 rings (SSSR count). The number of hydrogen-bond donors (Lipinski definition) is 2. The molecule has 100 valence electrons. The number of nitrogens with one attached hydrogen (secondary N) is 2. The van der Waals surface area contributed by atoms with E-state index >= 15 is 0 Å². The quantitative estimate of drug-likeness (QED) is 0.807. The maximum absolute atomic E-state index is 11.8. The van der Waals surface area contributed by atoms with Crippen LogP contribution in [-0.2, 0) is 10.0 Å². The third kappa shape index (κ3) is 4.80. The SMILES string of the molecule is C=C(Br)CNc1ccc(S(=O)(=O)NCCC)cc1. The van der Waals surface area contributed by atoms with E-state index in [-0.39, 0.29) is 4.90 Å². The fourth-order valence-electron chi connectivity index (χ4n) is 1.27. The number of sulfonamides is 1. The van der Waals surface area contributed by atoms with Gasteiger partial charge in [0.1, 0.15) is 0 Å². The zero-order chi connectivity index (χ0) is 13.6. The lowest BCUT2D eigenvalue weighted by molar-refractivity contribution is 0.581. The Morgan fingerprint density at radius 3 is 2.44 bits per heavy atom. The van der Waals surface area contributed by atoms with E-state index in [0.717, 1.165) is 16.6 Å². The van der Waals surface area contributed by atoms with Crippen molar-refractivity contribution in [2.75, 3.05) is 18.4 Å². The highest BCUT2D eigenvalue weighted by Gasteiger charge is 2.12. The molecule has 0 radical (unpaired) electrons. The summed E-state index contributed by atoms with van der Waals surface area (Å²) in [6.45, 7) is 6.68. The van der Waals surface area contributed by atoms with Gasteiger partial charge in [0.2, 0.25) is 10.0 Å². The van der Waals surface area contributed by atoms with E-state index in [1.807, 2.05) is 6.92 Å². The van der Waals surface area contributed by atoms with Gasteiger partial charge in [-0.2, -0.15) is 0 Å². The molecule has 0 amide bonds. The molecule has 0 saturated heterocycles. The van der Waals surface area contributed by atoms with Crippen LogP contribution in [0, 0.1) is 0 Å². The van der Waals surface area contributed by atoms with Crippen LogP contribution in [0.15, 0.2) is 40.2 Å². The molecule has 2 N–H and O–H groups in total. The molecule has 4 nitrogen and oxygen atoms in total. The summed E-state index contributed by atoms with van der Waals surface area (Å²) in [5.74, 6) is 0. The molecule has 0 unspecified atom stereocenters. The van der Waals surface area contributed by atoms with Gasteiger partial charge < -0.3 is 5.32 Å². The van der Waals surface area contributed by atoms with E-state index in [4.69, 9.17) is 0 Å². The molecule has 0 aliphatic rings. The second kappa shape index (κ2) is 6.92. The van der Waals surface area contributed by atoms with Gasteiger partial charge in [0.05, 0.1) is 4.90 Å². The Labute approximate surface area is 117 Å². The van der Waals surface area contributed by atoms with Crippen molar-refractivity contribution in [3.05, 3.63) is 35.3 Å². The Kier molecular flexibility index (Phi) is 5.84. The van der Waals surface area contributed by atoms with Gasteiger partial charge in [-0.1, -0.05) is 29.4 Å². The Bertz CT molecular complexity index is 497. The molecule has 0 bridgehead atoms. The number of halogens is 1. The number of benzene rings is 1. The molecule has 0 saturated carbocycles. The van der Waals surface area contributed by atoms with Crippen molar-refractivity contribution in [1.82, 2.24) is 4.72 Å². The van der Waals surface area contributed by atoms with Crippen molar-refractivity contribution in [2.24, 2.45) is 0 Å². The van der Waals surface area contributed by atoms with Crippen LogP contribution >= 0.6 is 15.9 Å². The first-order chi connectivity index (χ1) is 8.45. The number of hydrogen-bond acceptors (Lipinski definition) is 3. The Hall–Kier alpha value is -0.850. The summed E-state index contributed by atoms with van der Waals surface area (Å²) >= 11 is 3.24. The fraction of sp³-hybridized carbons (Fsp3) is 0.333.